The summed E-state index contributed by atoms with van der Waals surface area (Å²) in [4.78, 5) is 11.7. The van der Waals surface area contributed by atoms with Crippen LogP contribution >= 0.6 is 0 Å². The van der Waals surface area contributed by atoms with Crippen molar-refractivity contribution in [1.82, 2.24) is 0 Å². The van der Waals surface area contributed by atoms with Gasteiger partial charge < -0.3 is 21.0 Å². The second-order valence-electron chi connectivity index (χ2n) is 7.46. The summed E-state index contributed by atoms with van der Waals surface area (Å²) in [5.74, 6) is -0.322. The minimum absolute atomic E-state index is 0.0386. The molecule has 128 valence electrons. The molecule has 0 aliphatic carbocycles. The molecule has 23 heavy (non-hydrogen) atoms. The molecule has 0 atom stereocenters. The van der Waals surface area contributed by atoms with E-state index < -0.39 is 11.6 Å². The summed E-state index contributed by atoms with van der Waals surface area (Å²) in [6.07, 6.45) is 0.371. The number of hydrogen-bond acceptors (Lipinski definition) is 4. The highest BCUT2D eigenvalue weighted by molar-refractivity contribution is 5.67. The number of carboxylic acid groups (broad SMARTS) is 1. The predicted molar refractivity (Wildman–Crippen MR) is 87.3 cm³/mol. The summed E-state index contributed by atoms with van der Waals surface area (Å²) < 4.78 is 13.4. The number of amides is 1. The number of anilines is 2. The maximum absolute atomic E-state index is 13.5. The molecule has 1 aliphatic heterocycles. The van der Waals surface area contributed by atoms with E-state index in [0.29, 0.717) is 42.9 Å². The van der Waals surface area contributed by atoms with Crippen molar-refractivity contribution in [2.75, 3.05) is 24.1 Å². The SMILES string of the molecule is Cc1cc(NC2CC[N+](C(=O)[O-])(C(C)(C)C)CC2)c(N)cc1F. The topological polar surface area (TPSA) is 78.2 Å². The number of nitrogens with two attached hydrogens (primary N) is 1. The highest BCUT2D eigenvalue weighted by atomic mass is 19.1. The Labute approximate surface area is 136 Å². The molecule has 2 rings (SSSR count). The second-order valence-corrected chi connectivity index (χ2v) is 7.46. The van der Waals surface area contributed by atoms with E-state index in [0.717, 1.165) is 0 Å². The van der Waals surface area contributed by atoms with Gasteiger partial charge in [-0.3, -0.25) is 4.48 Å². The van der Waals surface area contributed by atoms with E-state index in [-0.39, 0.29) is 16.3 Å². The van der Waals surface area contributed by atoms with Crippen LogP contribution in [0.3, 0.4) is 0 Å². The Morgan fingerprint density at radius 2 is 1.91 bits per heavy atom. The molecule has 0 aromatic heterocycles. The molecule has 6 heteroatoms. The zero-order valence-corrected chi connectivity index (χ0v) is 14.3. The van der Waals surface area contributed by atoms with Crippen LogP contribution in [0.2, 0.25) is 0 Å². The Hall–Kier alpha value is -1.82. The van der Waals surface area contributed by atoms with E-state index in [1.165, 1.54) is 6.07 Å². The lowest BCUT2D eigenvalue weighted by molar-refractivity contribution is -0.923. The minimum atomic E-state index is -1.02. The number of rotatable bonds is 2. The molecule has 1 saturated heterocycles. The molecule has 0 unspecified atom stereocenters. The number of benzene rings is 1. The van der Waals surface area contributed by atoms with E-state index in [2.05, 4.69) is 5.32 Å². The smallest absolute Gasteiger partial charge is 0.257 e. The molecule has 1 aliphatic rings. The van der Waals surface area contributed by atoms with Crippen molar-refractivity contribution in [3.63, 3.8) is 0 Å². The molecular weight excluding hydrogens is 297 g/mol. The van der Waals surface area contributed by atoms with Gasteiger partial charge in [-0.15, -0.1) is 0 Å². The molecule has 0 spiro atoms. The van der Waals surface area contributed by atoms with Crippen molar-refractivity contribution in [2.24, 2.45) is 0 Å². The van der Waals surface area contributed by atoms with Crippen molar-refractivity contribution in [3.8, 4) is 0 Å². The third-order valence-corrected chi connectivity index (χ3v) is 5.04. The Bertz CT molecular complexity index is 603. The first-order valence-corrected chi connectivity index (χ1v) is 7.98. The lowest BCUT2D eigenvalue weighted by atomic mass is 9.93. The molecule has 1 aromatic carbocycles. The van der Waals surface area contributed by atoms with Gasteiger partial charge in [0.1, 0.15) is 5.82 Å². The number of quaternary nitrogens is 1. The number of piperidine rings is 1. The van der Waals surface area contributed by atoms with Crippen LogP contribution in [-0.4, -0.2) is 35.2 Å². The first kappa shape index (κ1) is 17.5. The van der Waals surface area contributed by atoms with Crippen molar-refractivity contribution < 1.29 is 18.8 Å². The summed E-state index contributed by atoms with van der Waals surface area (Å²) >= 11 is 0. The highest BCUT2D eigenvalue weighted by Crippen LogP contribution is 2.32. The highest BCUT2D eigenvalue weighted by Gasteiger charge is 2.45. The van der Waals surface area contributed by atoms with Gasteiger partial charge in [-0.25, -0.2) is 4.39 Å². The quantitative estimate of drug-likeness (QED) is 0.646. The van der Waals surface area contributed by atoms with Gasteiger partial charge in [-0.2, -0.15) is 0 Å². The lowest BCUT2D eigenvalue weighted by Gasteiger charge is -2.51. The zero-order valence-electron chi connectivity index (χ0n) is 14.3. The fourth-order valence-corrected chi connectivity index (χ4v) is 3.32. The van der Waals surface area contributed by atoms with Crippen molar-refractivity contribution in [1.29, 1.82) is 0 Å². The normalized spacial score (nSPS) is 25.2. The lowest BCUT2D eigenvalue weighted by Crippen LogP contribution is -2.70. The molecule has 1 fully saturated rings. The maximum Gasteiger partial charge on any atom is 0.257 e. The van der Waals surface area contributed by atoms with Gasteiger partial charge in [0.15, 0.2) is 0 Å². The van der Waals surface area contributed by atoms with Crippen molar-refractivity contribution in [3.05, 3.63) is 23.5 Å². The van der Waals surface area contributed by atoms with Gasteiger partial charge in [-0.1, -0.05) is 0 Å². The van der Waals surface area contributed by atoms with Crippen LogP contribution in [0.25, 0.3) is 0 Å². The van der Waals surface area contributed by atoms with Crippen LogP contribution in [0.15, 0.2) is 12.1 Å². The van der Waals surface area contributed by atoms with E-state index in [4.69, 9.17) is 5.73 Å². The van der Waals surface area contributed by atoms with Crippen LogP contribution in [0.4, 0.5) is 20.6 Å². The van der Waals surface area contributed by atoms with Gasteiger partial charge in [0.25, 0.3) is 6.09 Å². The van der Waals surface area contributed by atoms with E-state index in [1.54, 1.807) is 13.0 Å². The number of nitrogens with one attached hydrogen (secondary N) is 1. The number of nitrogen functional groups attached to an aromatic ring is 1. The van der Waals surface area contributed by atoms with E-state index in [9.17, 15) is 14.3 Å². The Balaban J connectivity index is 2.11. The fraction of sp³-hybridized carbons (Fsp3) is 0.588. The van der Waals surface area contributed by atoms with Gasteiger partial charge in [0.05, 0.1) is 30.0 Å². The summed E-state index contributed by atoms with van der Waals surface area (Å²) in [5, 5.41) is 15.0. The molecule has 1 amide bonds. The standard InChI is InChI=1S/C17H26FN3O2/c1-11-9-15(14(19)10-13(11)18)20-12-5-7-21(8-6-12,16(22)23)17(2,3)4/h9-10,12,20H,5-8,19H2,1-4H3. The summed E-state index contributed by atoms with van der Waals surface area (Å²) in [7, 11) is 0. The number of hydrogen-bond donors (Lipinski definition) is 2. The first-order chi connectivity index (χ1) is 10.6. The number of halogens is 1. The maximum atomic E-state index is 13.5. The molecule has 0 radical (unpaired) electrons. The molecule has 1 aromatic rings. The monoisotopic (exact) mass is 323 g/mol. The molecule has 5 nitrogen and oxygen atoms in total. The van der Waals surface area contributed by atoms with E-state index >= 15 is 0 Å². The summed E-state index contributed by atoms with van der Waals surface area (Å²) in [6.45, 7) is 8.49. The number of carbonyl (C=O) groups excluding carboxylic acids is 1. The Morgan fingerprint density at radius 3 is 2.39 bits per heavy atom. The Kier molecular flexibility index (Phi) is 4.57. The van der Waals surface area contributed by atoms with Gasteiger partial charge in [0, 0.05) is 18.9 Å². The van der Waals surface area contributed by atoms with Crippen molar-refractivity contribution in [2.45, 2.75) is 52.1 Å². The molecule has 0 bridgehead atoms. The Morgan fingerprint density at radius 1 is 1.35 bits per heavy atom. The molecule has 1 heterocycles. The second kappa shape index (κ2) is 6.00. The fourth-order valence-electron chi connectivity index (χ4n) is 3.32. The molecular formula is C17H26FN3O2. The molecule has 3 N–H and O–H groups in total. The van der Waals surface area contributed by atoms with Crippen LogP contribution in [-0.2, 0) is 0 Å². The number of aryl methyl sites for hydroxylation is 1. The van der Waals surface area contributed by atoms with Crippen LogP contribution in [0.5, 0.6) is 0 Å². The van der Waals surface area contributed by atoms with Crippen LogP contribution in [0, 0.1) is 12.7 Å². The largest absolute Gasteiger partial charge is 0.498 e. The van der Waals surface area contributed by atoms with Gasteiger partial charge in [-0.05, 0) is 45.4 Å². The van der Waals surface area contributed by atoms with Crippen LogP contribution < -0.4 is 16.2 Å². The number of nitrogens with zero attached hydrogens (tertiary/aromatic N) is 1. The van der Waals surface area contributed by atoms with Crippen LogP contribution in [0.1, 0.15) is 39.2 Å². The average molecular weight is 323 g/mol. The first-order valence-electron chi connectivity index (χ1n) is 7.98. The summed E-state index contributed by atoms with van der Waals surface area (Å²) in [5.41, 5.74) is 7.07. The molecule has 0 saturated carbocycles. The number of carbonyl (C=O) groups is 1. The third-order valence-electron chi connectivity index (χ3n) is 5.04. The van der Waals surface area contributed by atoms with Gasteiger partial charge in [0.2, 0.25) is 0 Å². The van der Waals surface area contributed by atoms with Crippen molar-refractivity contribution >= 4 is 17.5 Å². The third kappa shape index (κ3) is 3.27. The van der Waals surface area contributed by atoms with E-state index in [1.807, 2.05) is 20.8 Å². The van der Waals surface area contributed by atoms with Gasteiger partial charge >= 0.3 is 0 Å². The number of likely N-dealkylation sites (tertiary alicyclic amines) is 1. The minimum Gasteiger partial charge on any atom is -0.498 e. The zero-order chi connectivity index (χ0) is 17.4. The summed E-state index contributed by atoms with van der Waals surface area (Å²) in [6, 6.07) is 3.14. The predicted octanol–water partition coefficient (Wildman–Crippen LogP) is 2.25. The average Bonchev–Trinajstić information content (AvgIpc) is 2.44.